The van der Waals surface area contributed by atoms with Gasteiger partial charge in [-0.2, -0.15) is 0 Å². The number of aryl methyl sites for hydroxylation is 1. The molecule has 3 aromatic rings. The largest absolute Gasteiger partial charge is 0.346 e. The van der Waals surface area contributed by atoms with E-state index in [0.29, 0.717) is 12.1 Å². The summed E-state index contributed by atoms with van der Waals surface area (Å²) in [5.41, 5.74) is 3.37. The second-order valence-electron chi connectivity index (χ2n) is 4.55. The van der Waals surface area contributed by atoms with Gasteiger partial charge in [0.05, 0.1) is 17.8 Å². The van der Waals surface area contributed by atoms with Gasteiger partial charge in [-0.15, -0.1) is 0 Å². The van der Waals surface area contributed by atoms with E-state index in [0.717, 1.165) is 17.0 Å². The first-order chi connectivity index (χ1) is 9.74. The fraction of sp³-hybridized carbons (Fsp3) is 0.133. The molecule has 1 amide bonds. The first-order valence-corrected chi connectivity index (χ1v) is 6.36. The molecule has 3 aromatic heterocycles. The Hall–Kier alpha value is -2.69. The van der Waals surface area contributed by atoms with Gasteiger partial charge >= 0.3 is 0 Å². The number of carbonyl (C=O) groups excluding carboxylic acids is 1. The van der Waals surface area contributed by atoms with Crippen molar-refractivity contribution in [3.05, 3.63) is 65.9 Å². The van der Waals surface area contributed by atoms with Crippen molar-refractivity contribution in [2.75, 3.05) is 0 Å². The average molecular weight is 266 g/mol. The Balaban J connectivity index is 1.74. The Bertz CT molecular complexity index is 749. The van der Waals surface area contributed by atoms with Gasteiger partial charge in [-0.1, -0.05) is 6.07 Å². The van der Waals surface area contributed by atoms with Gasteiger partial charge in [0.15, 0.2) is 0 Å². The van der Waals surface area contributed by atoms with E-state index in [1.54, 1.807) is 24.5 Å². The highest BCUT2D eigenvalue weighted by Gasteiger charge is 2.07. The summed E-state index contributed by atoms with van der Waals surface area (Å²) in [4.78, 5) is 20.3. The van der Waals surface area contributed by atoms with Crippen molar-refractivity contribution in [3.63, 3.8) is 0 Å². The highest BCUT2D eigenvalue weighted by Crippen LogP contribution is 2.08. The van der Waals surface area contributed by atoms with Gasteiger partial charge in [-0.3, -0.25) is 9.78 Å². The first-order valence-electron chi connectivity index (χ1n) is 6.36. The van der Waals surface area contributed by atoms with Crippen LogP contribution in [-0.4, -0.2) is 20.3 Å². The van der Waals surface area contributed by atoms with Crippen molar-refractivity contribution in [1.29, 1.82) is 0 Å². The van der Waals surface area contributed by atoms with Gasteiger partial charge in [0, 0.05) is 24.3 Å². The number of aromatic nitrogens is 3. The summed E-state index contributed by atoms with van der Waals surface area (Å²) in [6.45, 7) is 2.42. The van der Waals surface area contributed by atoms with E-state index in [9.17, 15) is 4.79 Å². The highest BCUT2D eigenvalue weighted by atomic mass is 16.1. The van der Waals surface area contributed by atoms with Crippen LogP contribution in [0.3, 0.4) is 0 Å². The third-order valence-electron chi connectivity index (χ3n) is 3.10. The molecule has 0 aliphatic rings. The standard InChI is InChI=1S/C15H14N4O/c1-11-4-2-6-14-18-13(10-19(11)14)9-17-15(20)12-5-3-7-16-8-12/h2-8,10H,9H2,1H3,(H,17,20). The zero-order chi connectivity index (χ0) is 13.9. The minimum absolute atomic E-state index is 0.146. The third kappa shape index (κ3) is 2.38. The molecule has 0 aliphatic heterocycles. The van der Waals surface area contributed by atoms with Gasteiger partial charge < -0.3 is 9.72 Å². The second kappa shape index (κ2) is 5.13. The van der Waals surface area contributed by atoms with Crippen molar-refractivity contribution in [2.45, 2.75) is 13.5 Å². The maximum Gasteiger partial charge on any atom is 0.253 e. The van der Waals surface area contributed by atoms with Crippen LogP contribution in [0.4, 0.5) is 0 Å². The number of fused-ring (bicyclic) bond motifs is 1. The van der Waals surface area contributed by atoms with Crippen LogP contribution < -0.4 is 5.32 Å². The normalized spacial score (nSPS) is 10.7. The van der Waals surface area contributed by atoms with Crippen molar-refractivity contribution in [2.24, 2.45) is 0 Å². The highest BCUT2D eigenvalue weighted by molar-refractivity contribution is 5.93. The fourth-order valence-corrected chi connectivity index (χ4v) is 2.05. The zero-order valence-corrected chi connectivity index (χ0v) is 11.1. The lowest BCUT2D eigenvalue weighted by atomic mass is 10.2. The number of carbonyl (C=O) groups is 1. The van der Waals surface area contributed by atoms with Crippen LogP contribution in [0.2, 0.25) is 0 Å². The minimum atomic E-state index is -0.146. The molecule has 0 bridgehead atoms. The summed E-state index contributed by atoms with van der Waals surface area (Å²) >= 11 is 0. The molecule has 0 spiro atoms. The van der Waals surface area contributed by atoms with Gasteiger partial charge in [0.25, 0.3) is 5.91 Å². The van der Waals surface area contributed by atoms with Crippen LogP contribution in [0.25, 0.3) is 5.65 Å². The van der Waals surface area contributed by atoms with Gasteiger partial charge in [0.2, 0.25) is 0 Å². The molecule has 1 N–H and O–H groups in total. The Morgan fingerprint density at radius 3 is 2.95 bits per heavy atom. The molecule has 3 rings (SSSR count). The van der Waals surface area contributed by atoms with Crippen molar-refractivity contribution in [3.8, 4) is 0 Å². The molecule has 0 atom stereocenters. The first kappa shape index (κ1) is 12.3. The van der Waals surface area contributed by atoms with E-state index in [-0.39, 0.29) is 5.91 Å². The topological polar surface area (TPSA) is 59.3 Å². The van der Waals surface area contributed by atoms with Gasteiger partial charge in [-0.25, -0.2) is 4.98 Å². The van der Waals surface area contributed by atoms with Crippen molar-refractivity contribution in [1.82, 2.24) is 19.7 Å². The maximum atomic E-state index is 11.9. The predicted molar refractivity (Wildman–Crippen MR) is 75.3 cm³/mol. The molecule has 0 radical (unpaired) electrons. The summed E-state index contributed by atoms with van der Waals surface area (Å²) in [7, 11) is 0. The molecule has 0 saturated heterocycles. The van der Waals surface area contributed by atoms with E-state index in [1.807, 2.05) is 35.7 Å². The Morgan fingerprint density at radius 2 is 2.20 bits per heavy atom. The van der Waals surface area contributed by atoms with E-state index in [1.165, 1.54) is 0 Å². The maximum absolute atomic E-state index is 11.9. The van der Waals surface area contributed by atoms with Gasteiger partial charge in [0.1, 0.15) is 5.65 Å². The smallest absolute Gasteiger partial charge is 0.253 e. The molecule has 5 nitrogen and oxygen atoms in total. The zero-order valence-electron chi connectivity index (χ0n) is 11.1. The number of hydrogen-bond acceptors (Lipinski definition) is 3. The number of hydrogen-bond donors (Lipinski definition) is 1. The Kier molecular flexibility index (Phi) is 3.16. The molecular formula is C15H14N4O. The molecule has 0 saturated carbocycles. The molecular weight excluding hydrogens is 252 g/mol. The number of nitrogens with one attached hydrogen (secondary N) is 1. The van der Waals surface area contributed by atoms with Crippen molar-refractivity contribution < 1.29 is 4.79 Å². The molecule has 100 valence electrons. The molecule has 20 heavy (non-hydrogen) atoms. The molecule has 0 fully saturated rings. The average Bonchev–Trinajstić information content (AvgIpc) is 2.90. The molecule has 0 unspecified atom stereocenters. The summed E-state index contributed by atoms with van der Waals surface area (Å²) < 4.78 is 2.01. The van der Waals surface area contributed by atoms with Crippen LogP contribution >= 0.6 is 0 Å². The van der Waals surface area contributed by atoms with Crippen LogP contribution in [0.15, 0.2) is 48.9 Å². The third-order valence-corrected chi connectivity index (χ3v) is 3.10. The number of pyridine rings is 2. The van der Waals surface area contributed by atoms with E-state index >= 15 is 0 Å². The lowest BCUT2D eigenvalue weighted by molar-refractivity contribution is 0.0950. The van der Waals surface area contributed by atoms with Crippen LogP contribution in [0, 0.1) is 6.92 Å². The molecule has 5 heteroatoms. The van der Waals surface area contributed by atoms with Crippen LogP contribution in [0.1, 0.15) is 21.7 Å². The second-order valence-corrected chi connectivity index (χ2v) is 4.55. The summed E-state index contributed by atoms with van der Waals surface area (Å²) in [5, 5.41) is 2.84. The number of nitrogens with zero attached hydrogens (tertiary/aromatic N) is 3. The van der Waals surface area contributed by atoms with E-state index < -0.39 is 0 Å². The van der Waals surface area contributed by atoms with Gasteiger partial charge in [-0.05, 0) is 31.2 Å². The number of amides is 1. The fourth-order valence-electron chi connectivity index (χ4n) is 2.05. The summed E-state index contributed by atoms with van der Waals surface area (Å²) in [5.74, 6) is -0.146. The molecule has 0 aromatic carbocycles. The minimum Gasteiger partial charge on any atom is -0.346 e. The summed E-state index contributed by atoms with van der Waals surface area (Å²) in [6, 6.07) is 9.40. The van der Waals surface area contributed by atoms with E-state index in [2.05, 4.69) is 15.3 Å². The van der Waals surface area contributed by atoms with Crippen LogP contribution in [-0.2, 0) is 6.54 Å². The lowest BCUT2D eigenvalue weighted by Crippen LogP contribution is -2.22. The molecule has 3 heterocycles. The number of rotatable bonds is 3. The quantitative estimate of drug-likeness (QED) is 0.788. The Labute approximate surface area is 116 Å². The SMILES string of the molecule is Cc1cccc2nc(CNC(=O)c3cccnc3)cn12. The lowest BCUT2D eigenvalue weighted by Gasteiger charge is -2.02. The van der Waals surface area contributed by atoms with E-state index in [4.69, 9.17) is 0 Å². The van der Waals surface area contributed by atoms with Crippen molar-refractivity contribution >= 4 is 11.6 Å². The Morgan fingerprint density at radius 1 is 1.30 bits per heavy atom. The number of imidazole rings is 1. The monoisotopic (exact) mass is 266 g/mol. The predicted octanol–water partition coefficient (Wildman–Crippen LogP) is 1.97. The molecule has 0 aliphatic carbocycles. The van der Waals surface area contributed by atoms with Crippen LogP contribution in [0.5, 0.6) is 0 Å². The summed E-state index contributed by atoms with van der Waals surface area (Å²) in [6.07, 6.45) is 5.12.